The average Bonchev–Trinajstić information content (AvgIpc) is 2.58. The Hall–Kier alpha value is -0.810. The number of aryl methyl sites for hydroxylation is 1. The molecule has 0 aliphatic heterocycles. The quantitative estimate of drug-likeness (QED) is 0.879. The van der Waals surface area contributed by atoms with Crippen molar-refractivity contribution >= 4 is 37.7 Å². The number of hydrogen-bond acceptors (Lipinski definition) is 2. The normalized spacial score (nSPS) is 10.9. The number of nitrogens with two attached hydrogens (primary N) is 1. The van der Waals surface area contributed by atoms with Crippen LogP contribution in [-0.4, -0.2) is 9.78 Å². The second kappa shape index (κ2) is 5.45. The Balaban J connectivity index is 2.59. The first-order valence-electron chi connectivity index (χ1n) is 5.81. The smallest absolute Gasteiger partial charge is 0.125 e. The van der Waals surface area contributed by atoms with Gasteiger partial charge < -0.3 is 5.73 Å². The number of halogens is 2. The van der Waals surface area contributed by atoms with Crippen LogP contribution in [0, 0.1) is 0 Å². The topological polar surface area (TPSA) is 43.8 Å². The maximum atomic E-state index is 6.08. The molecule has 3 nitrogen and oxygen atoms in total. The van der Waals surface area contributed by atoms with Gasteiger partial charge in [-0.3, -0.25) is 4.68 Å². The third kappa shape index (κ3) is 2.47. The lowest BCUT2D eigenvalue weighted by Gasteiger charge is -2.05. The summed E-state index contributed by atoms with van der Waals surface area (Å²) in [7, 11) is 1.88. The molecule has 2 N–H and O–H groups in total. The SMILES string of the molecule is CCCc1c(-c2ccc(Br)cc2Br)nn(C)c1N. The molecule has 18 heavy (non-hydrogen) atoms. The highest BCUT2D eigenvalue weighted by molar-refractivity contribution is 9.11. The first-order valence-corrected chi connectivity index (χ1v) is 7.40. The monoisotopic (exact) mass is 371 g/mol. The van der Waals surface area contributed by atoms with Gasteiger partial charge in [-0.15, -0.1) is 0 Å². The molecule has 0 amide bonds. The number of nitrogen functional groups attached to an aromatic ring is 1. The van der Waals surface area contributed by atoms with E-state index in [0.29, 0.717) is 0 Å². The van der Waals surface area contributed by atoms with Gasteiger partial charge >= 0.3 is 0 Å². The lowest BCUT2D eigenvalue weighted by molar-refractivity contribution is 0.781. The van der Waals surface area contributed by atoms with Crippen LogP contribution in [0.2, 0.25) is 0 Å². The minimum atomic E-state index is 0.752. The van der Waals surface area contributed by atoms with Crippen molar-refractivity contribution in [1.82, 2.24) is 9.78 Å². The lowest BCUT2D eigenvalue weighted by Crippen LogP contribution is -1.99. The number of rotatable bonds is 3. The Morgan fingerprint density at radius 3 is 2.67 bits per heavy atom. The van der Waals surface area contributed by atoms with E-state index in [2.05, 4.69) is 49.9 Å². The van der Waals surface area contributed by atoms with Crippen molar-refractivity contribution in [3.8, 4) is 11.3 Å². The van der Waals surface area contributed by atoms with E-state index in [-0.39, 0.29) is 0 Å². The van der Waals surface area contributed by atoms with Crippen molar-refractivity contribution < 1.29 is 0 Å². The molecule has 1 heterocycles. The standard InChI is InChI=1S/C13H15Br2N3/c1-3-4-10-12(17-18(2)13(10)16)9-6-5-8(14)7-11(9)15/h5-7H,3-4,16H2,1-2H3. The molecule has 2 rings (SSSR count). The maximum absolute atomic E-state index is 6.08. The molecule has 5 heteroatoms. The van der Waals surface area contributed by atoms with Crippen LogP contribution in [0.25, 0.3) is 11.3 Å². The second-order valence-corrected chi connectivity index (χ2v) is 5.98. The van der Waals surface area contributed by atoms with Crippen LogP contribution in [0.5, 0.6) is 0 Å². The van der Waals surface area contributed by atoms with Gasteiger partial charge in [-0.2, -0.15) is 5.10 Å². The van der Waals surface area contributed by atoms with Gasteiger partial charge in [0.05, 0.1) is 5.69 Å². The van der Waals surface area contributed by atoms with Gasteiger partial charge in [-0.25, -0.2) is 0 Å². The van der Waals surface area contributed by atoms with Crippen LogP contribution >= 0.6 is 31.9 Å². The van der Waals surface area contributed by atoms with Crippen molar-refractivity contribution in [2.24, 2.45) is 7.05 Å². The Morgan fingerprint density at radius 1 is 1.33 bits per heavy atom. The molecule has 0 unspecified atom stereocenters. The van der Waals surface area contributed by atoms with Gasteiger partial charge in [0.1, 0.15) is 5.82 Å². The minimum Gasteiger partial charge on any atom is -0.384 e. The molecule has 0 spiro atoms. The summed E-state index contributed by atoms with van der Waals surface area (Å²) >= 11 is 7.04. The van der Waals surface area contributed by atoms with Crippen molar-refractivity contribution in [2.75, 3.05) is 5.73 Å². The summed E-state index contributed by atoms with van der Waals surface area (Å²) in [6.45, 7) is 2.15. The van der Waals surface area contributed by atoms with Gasteiger partial charge in [-0.1, -0.05) is 51.3 Å². The fourth-order valence-corrected chi connectivity index (χ4v) is 3.21. The van der Waals surface area contributed by atoms with Crippen molar-refractivity contribution in [1.29, 1.82) is 0 Å². The highest BCUT2D eigenvalue weighted by Gasteiger charge is 2.16. The molecular weight excluding hydrogens is 358 g/mol. The third-order valence-corrected chi connectivity index (χ3v) is 4.03. The van der Waals surface area contributed by atoms with Crippen LogP contribution in [0.1, 0.15) is 18.9 Å². The van der Waals surface area contributed by atoms with Crippen molar-refractivity contribution in [2.45, 2.75) is 19.8 Å². The van der Waals surface area contributed by atoms with Crippen LogP contribution in [-0.2, 0) is 13.5 Å². The Kier molecular flexibility index (Phi) is 4.12. The summed E-state index contributed by atoms with van der Waals surface area (Å²) in [5, 5.41) is 4.54. The zero-order valence-electron chi connectivity index (χ0n) is 10.4. The van der Waals surface area contributed by atoms with Crippen LogP contribution in [0.3, 0.4) is 0 Å². The predicted molar refractivity (Wildman–Crippen MR) is 82.5 cm³/mol. The number of hydrogen-bond donors (Lipinski definition) is 1. The number of aromatic nitrogens is 2. The summed E-state index contributed by atoms with van der Waals surface area (Å²) in [4.78, 5) is 0. The fraction of sp³-hybridized carbons (Fsp3) is 0.308. The maximum Gasteiger partial charge on any atom is 0.125 e. The van der Waals surface area contributed by atoms with Gasteiger partial charge in [0.25, 0.3) is 0 Å². The zero-order chi connectivity index (χ0) is 13.3. The van der Waals surface area contributed by atoms with Gasteiger partial charge in [-0.05, 0) is 18.6 Å². The van der Waals surface area contributed by atoms with E-state index in [1.165, 1.54) is 0 Å². The number of nitrogens with zero attached hydrogens (tertiary/aromatic N) is 2. The van der Waals surface area contributed by atoms with Crippen LogP contribution in [0.4, 0.5) is 5.82 Å². The van der Waals surface area contributed by atoms with Crippen LogP contribution in [0.15, 0.2) is 27.1 Å². The van der Waals surface area contributed by atoms with E-state index in [4.69, 9.17) is 5.73 Å². The summed E-state index contributed by atoms with van der Waals surface area (Å²) in [6.07, 6.45) is 1.99. The first kappa shape index (κ1) is 13.6. The molecule has 0 aliphatic carbocycles. The molecule has 0 saturated carbocycles. The van der Waals surface area contributed by atoms with E-state index in [1.807, 2.05) is 19.2 Å². The Morgan fingerprint density at radius 2 is 2.06 bits per heavy atom. The summed E-state index contributed by atoms with van der Waals surface area (Å²) < 4.78 is 3.81. The molecule has 2 aromatic rings. The molecule has 0 fully saturated rings. The van der Waals surface area contributed by atoms with Crippen molar-refractivity contribution in [3.05, 3.63) is 32.7 Å². The van der Waals surface area contributed by atoms with Gasteiger partial charge in [0, 0.05) is 27.1 Å². The first-order chi connectivity index (χ1) is 8.54. The average molecular weight is 373 g/mol. The zero-order valence-corrected chi connectivity index (χ0v) is 13.5. The Bertz CT molecular complexity index is 576. The van der Waals surface area contributed by atoms with Crippen molar-refractivity contribution in [3.63, 3.8) is 0 Å². The molecule has 1 aromatic heterocycles. The molecule has 0 bridgehead atoms. The molecule has 96 valence electrons. The summed E-state index contributed by atoms with van der Waals surface area (Å²) in [5.74, 6) is 0.752. The van der Waals surface area contributed by atoms with E-state index in [9.17, 15) is 0 Å². The van der Waals surface area contributed by atoms with E-state index in [1.54, 1.807) is 4.68 Å². The molecule has 1 aromatic carbocycles. The molecule has 0 aliphatic rings. The Labute approximate surface area is 124 Å². The van der Waals surface area contributed by atoms with Gasteiger partial charge in [0.2, 0.25) is 0 Å². The minimum absolute atomic E-state index is 0.752. The summed E-state index contributed by atoms with van der Waals surface area (Å²) in [6, 6.07) is 6.09. The molecule has 0 atom stereocenters. The number of anilines is 1. The lowest BCUT2D eigenvalue weighted by atomic mass is 10.0. The molecule has 0 saturated heterocycles. The molecular formula is C13H15Br2N3. The van der Waals surface area contributed by atoms with E-state index >= 15 is 0 Å². The largest absolute Gasteiger partial charge is 0.384 e. The predicted octanol–water partition coefficient (Wildman–Crippen LogP) is 4.15. The third-order valence-electron chi connectivity index (χ3n) is 2.88. The highest BCUT2D eigenvalue weighted by atomic mass is 79.9. The number of benzene rings is 1. The van der Waals surface area contributed by atoms with Gasteiger partial charge in [0.15, 0.2) is 0 Å². The van der Waals surface area contributed by atoms with E-state index in [0.717, 1.165) is 44.4 Å². The van der Waals surface area contributed by atoms with E-state index < -0.39 is 0 Å². The molecule has 0 radical (unpaired) electrons. The second-order valence-electron chi connectivity index (χ2n) is 4.21. The van der Waals surface area contributed by atoms with Crippen LogP contribution < -0.4 is 5.73 Å². The highest BCUT2D eigenvalue weighted by Crippen LogP contribution is 2.34. The summed E-state index contributed by atoms with van der Waals surface area (Å²) in [5.41, 5.74) is 9.26. The fourth-order valence-electron chi connectivity index (χ4n) is 1.98.